The Morgan fingerprint density at radius 2 is 1.80 bits per heavy atom. The molecule has 0 heterocycles. The van der Waals surface area contributed by atoms with Gasteiger partial charge in [0.15, 0.2) is 0 Å². The van der Waals surface area contributed by atoms with Gasteiger partial charge in [-0.2, -0.15) is 0 Å². The van der Waals surface area contributed by atoms with Crippen molar-refractivity contribution in [2.45, 2.75) is 37.5 Å². The van der Waals surface area contributed by atoms with Gasteiger partial charge < -0.3 is 0 Å². The number of hydroxylamine groups is 1. The molecule has 7 heteroatoms. The molecule has 0 aliphatic rings. The molecule has 6 nitrogen and oxygen atoms in total. The van der Waals surface area contributed by atoms with Crippen LogP contribution in [0.15, 0.2) is 29.2 Å². The van der Waals surface area contributed by atoms with E-state index in [-0.39, 0.29) is 10.3 Å². The highest BCUT2D eigenvalue weighted by atomic mass is 32.2. The summed E-state index contributed by atoms with van der Waals surface area (Å²) in [5.41, 5.74) is 2.39. The minimum Gasteiger partial charge on any atom is -0.289 e. The third kappa shape index (κ3) is 4.03. The number of sulfonamides is 1. The molecule has 1 amide bonds. The lowest BCUT2D eigenvalue weighted by Gasteiger charge is -2.23. The SMILES string of the molecule is CCC(C)(C)c1ccc(S(=O)(=O)NCC(=O)NO)cc1. The van der Waals surface area contributed by atoms with Crippen molar-refractivity contribution in [2.75, 3.05) is 6.54 Å². The molecule has 0 fully saturated rings. The van der Waals surface area contributed by atoms with Gasteiger partial charge in [-0.25, -0.2) is 18.6 Å². The molecule has 112 valence electrons. The Morgan fingerprint density at radius 3 is 2.25 bits per heavy atom. The minimum atomic E-state index is -3.76. The summed E-state index contributed by atoms with van der Waals surface area (Å²) in [7, 11) is -3.76. The van der Waals surface area contributed by atoms with E-state index in [1.54, 1.807) is 12.1 Å². The fourth-order valence-corrected chi connectivity index (χ4v) is 2.55. The maximum atomic E-state index is 11.9. The summed E-state index contributed by atoms with van der Waals surface area (Å²) in [6.07, 6.45) is 0.939. The lowest BCUT2D eigenvalue weighted by atomic mass is 9.82. The molecule has 0 saturated carbocycles. The van der Waals surface area contributed by atoms with E-state index in [4.69, 9.17) is 5.21 Å². The first-order chi connectivity index (χ1) is 9.23. The van der Waals surface area contributed by atoms with Crippen molar-refractivity contribution in [1.29, 1.82) is 0 Å². The molecule has 0 bridgehead atoms. The zero-order valence-electron chi connectivity index (χ0n) is 11.8. The Hall–Kier alpha value is -1.44. The van der Waals surface area contributed by atoms with Crippen molar-refractivity contribution < 1.29 is 18.4 Å². The van der Waals surface area contributed by atoms with Crippen molar-refractivity contribution >= 4 is 15.9 Å². The van der Waals surface area contributed by atoms with E-state index >= 15 is 0 Å². The maximum Gasteiger partial charge on any atom is 0.258 e. The van der Waals surface area contributed by atoms with Gasteiger partial charge in [0.1, 0.15) is 0 Å². The summed E-state index contributed by atoms with van der Waals surface area (Å²) in [5, 5.41) is 8.32. The van der Waals surface area contributed by atoms with Crippen molar-refractivity contribution in [2.24, 2.45) is 0 Å². The monoisotopic (exact) mass is 300 g/mol. The maximum absolute atomic E-state index is 11.9. The Morgan fingerprint density at radius 1 is 1.25 bits per heavy atom. The first-order valence-corrected chi connectivity index (χ1v) is 7.74. The second kappa shape index (κ2) is 6.34. The number of benzene rings is 1. The molecular formula is C13H20N2O4S. The van der Waals surface area contributed by atoms with Gasteiger partial charge in [0, 0.05) is 0 Å². The Bertz CT molecular complexity index is 565. The van der Waals surface area contributed by atoms with E-state index in [0.29, 0.717) is 0 Å². The Labute approximate surface area is 119 Å². The Balaban J connectivity index is 2.90. The van der Waals surface area contributed by atoms with Crippen LogP contribution in [0.3, 0.4) is 0 Å². The van der Waals surface area contributed by atoms with Crippen LogP contribution < -0.4 is 10.2 Å². The number of hydrogen-bond donors (Lipinski definition) is 3. The van der Waals surface area contributed by atoms with Gasteiger partial charge in [0.2, 0.25) is 10.0 Å². The van der Waals surface area contributed by atoms with Gasteiger partial charge in [-0.05, 0) is 29.5 Å². The quantitative estimate of drug-likeness (QED) is 0.542. The molecule has 0 aliphatic heterocycles. The Kier molecular flexibility index (Phi) is 5.27. The third-order valence-corrected chi connectivity index (χ3v) is 4.79. The fraction of sp³-hybridized carbons (Fsp3) is 0.462. The molecule has 0 radical (unpaired) electrons. The molecular weight excluding hydrogens is 280 g/mol. The van der Waals surface area contributed by atoms with Crippen LogP contribution in [0.2, 0.25) is 0 Å². The number of rotatable bonds is 6. The molecule has 1 aromatic rings. The molecule has 0 atom stereocenters. The summed E-state index contributed by atoms with van der Waals surface area (Å²) >= 11 is 0. The van der Waals surface area contributed by atoms with Crippen LogP contribution in [0.5, 0.6) is 0 Å². The number of carbonyl (C=O) groups excluding carboxylic acids is 1. The normalized spacial score (nSPS) is 12.2. The smallest absolute Gasteiger partial charge is 0.258 e. The number of carbonyl (C=O) groups is 1. The molecule has 1 rings (SSSR count). The summed E-state index contributed by atoms with van der Waals surface area (Å²) in [6, 6.07) is 6.55. The minimum absolute atomic E-state index is 0.0213. The molecule has 3 N–H and O–H groups in total. The van der Waals surface area contributed by atoms with Crippen LogP contribution in [0, 0.1) is 0 Å². The van der Waals surface area contributed by atoms with Crippen molar-refractivity contribution in [3.8, 4) is 0 Å². The molecule has 20 heavy (non-hydrogen) atoms. The highest BCUT2D eigenvalue weighted by Gasteiger charge is 2.20. The summed E-state index contributed by atoms with van der Waals surface area (Å²) < 4.78 is 25.9. The molecule has 0 aliphatic carbocycles. The zero-order valence-corrected chi connectivity index (χ0v) is 12.6. The van der Waals surface area contributed by atoms with Gasteiger partial charge in [-0.15, -0.1) is 0 Å². The number of amides is 1. The molecule has 0 aromatic heterocycles. The fourth-order valence-electron chi connectivity index (χ4n) is 1.57. The van der Waals surface area contributed by atoms with Crippen LogP contribution in [0.25, 0.3) is 0 Å². The summed E-state index contributed by atoms with van der Waals surface area (Å²) in [4.78, 5) is 10.9. The lowest BCUT2D eigenvalue weighted by molar-refractivity contribution is -0.127. The topological polar surface area (TPSA) is 95.5 Å². The molecule has 0 saturated heterocycles. The summed E-state index contributed by atoms with van der Waals surface area (Å²) in [5.74, 6) is -0.822. The van der Waals surface area contributed by atoms with Crippen LogP contribution in [0.1, 0.15) is 32.8 Å². The van der Waals surface area contributed by atoms with Crippen LogP contribution >= 0.6 is 0 Å². The van der Waals surface area contributed by atoms with E-state index in [0.717, 1.165) is 12.0 Å². The standard InChI is InChI=1S/C13H20N2O4S/c1-4-13(2,3)10-5-7-11(8-6-10)20(18,19)14-9-12(16)15-17/h5-8,14,17H,4,9H2,1-3H3,(H,15,16). The zero-order chi connectivity index (χ0) is 15.4. The van der Waals surface area contributed by atoms with Crippen LogP contribution in [0.4, 0.5) is 0 Å². The van der Waals surface area contributed by atoms with E-state index in [1.807, 2.05) is 0 Å². The largest absolute Gasteiger partial charge is 0.289 e. The van der Waals surface area contributed by atoms with Crippen LogP contribution in [-0.4, -0.2) is 26.1 Å². The third-order valence-electron chi connectivity index (χ3n) is 3.38. The van der Waals surface area contributed by atoms with Crippen LogP contribution in [-0.2, 0) is 20.2 Å². The molecule has 0 unspecified atom stereocenters. The molecule has 1 aromatic carbocycles. The van der Waals surface area contributed by atoms with Gasteiger partial charge in [-0.3, -0.25) is 10.0 Å². The first kappa shape index (κ1) is 16.6. The number of hydrogen-bond acceptors (Lipinski definition) is 4. The van der Waals surface area contributed by atoms with Crippen molar-refractivity contribution in [3.63, 3.8) is 0 Å². The highest BCUT2D eigenvalue weighted by Crippen LogP contribution is 2.27. The van der Waals surface area contributed by atoms with Gasteiger partial charge in [0.25, 0.3) is 5.91 Å². The molecule has 0 spiro atoms. The van der Waals surface area contributed by atoms with E-state index in [2.05, 4.69) is 25.5 Å². The lowest BCUT2D eigenvalue weighted by Crippen LogP contribution is -2.35. The number of nitrogens with one attached hydrogen (secondary N) is 2. The van der Waals surface area contributed by atoms with Gasteiger partial charge >= 0.3 is 0 Å². The first-order valence-electron chi connectivity index (χ1n) is 6.26. The van der Waals surface area contributed by atoms with E-state index < -0.39 is 22.5 Å². The second-order valence-electron chi connectivity index (χ2n) is 5.12. The van der Waals surface area contributed by atoms with Gasteiger partial charge in [-0.1, -0.05) is 32.9 Å². The average molecular weight is 300 g/mol. The average Bonchev–Trinajstić information content (AvgIpc) is 2.45. The predicted octanol–water partition coefficient (Wildman–Crippen LogP) is 1.16. The second-order valence-corrected chi connectivity index (χ2v) is 6.89. The summed E-state index contributed by atoms with van der Waals surface area (Å²) in [6.45, 7) is 5.72. The van der Waals surface area contributed by atoms with E-state index in [1.165, 1.54) is 17.6 Å². The predicted molar refractivity (Wildman–Crippen MR) is 74.9 cm³/mol. The van der Waals surface area contributed by atoms with Gasteiger partial charge in [0.05, 0.1) is 11.4 Å². The van der Waals surface area contributed by atoms with E-state index in [9.17, 15) is 13.2 Å². The van der Waals surface area contributed by atoms with Crippen molar-refractivity contribution in [3.05, 3.63) is 29.8 Å². The van der Waals surface area contributed by atoms with Crippen molar-refractivity contribution in [1.82, 2.24) is 10.2 Å². The highest BCUT2D eigenvalue weighted by molar-refractivity contribution is 7.89.